The van der Waals surface area contributed by atoms with Crippen LogP contribution in [0.15, 0.2) is 29.3 Å². The average Bonchev–Trinajstić information content (AvgIpc) is 2.84. The molecule has 9 heteroatoms. The van der Waals surface area contributed by atoms with E-state index >= 15 is 0 Å². The van der Waals surface area contributed by atoms with Crippen LogP contribution >= 0.6 is 35.0 Å². The lowest BCUT2D eigenvalue weighted by Gasteiger charge is -2.16. The second kappa shape index (κ2) is 9.30. The number of ether oxygens (including phenoxy) is 1. The third-order valence-corrected chi connectivity index (χ3v) is 5.38. The van der Waals surface area contributed by atoms with Gasteiger partial charge in [0.15, 0.2) is 0 Å². The fourth-order valence-electron chi connectivity index (χ4n) is 2.31. The molecule has 6 nitrogen and oxygen atoms in total. The van der Waals surface area contributed by atoms with E-state index in [2.05, 4.69) is 10.1 Å². The summed E-state index contributed by atoms with van der Waals surface area (Å²) in [5.74, 6) is -1.12. The summed E-state index contributed by atoms with van der Waals surface area (Å²) in [4.78, 5) is 37.1. The van der Waals surface area contributed by atoms with Gasteiger partial charge in [0.1, 0.15) is 6.54 Å². The maximum absolute atomic E-state index is 12.2. The van der Waals surface area contributed by atoms with Gasteiger partial charge in [0, 0.05) is 16.6 Å². The number of methoxy groups -OCH3 is 1. The molecule has 1 unspecified atom stereocenters. The molecule has 2 amide bonds. The third-order valence-electron chi connectivity index (χ3n) is 3.65. The number of benzene rings is 1. The summed E-state index contributed by atoms with van der Waals surface area (Å²) in [7, 11) is 1.25. The Kier molecular flexibility index (Phi) is 7.37. The molecule has 0 saturated carbocycles. The highest BCUT2D eigenvalue weighted by atomic mass is 35.5. The van der Waals surface area contributed by atoms with E-state index in [9.17, 15) is 14.4 Å². The number of halogens is 2. The first kappa shape index (κ1) is 20.6. The molecule has 140 valence electrons. The van der Waals surface area contributed by atoms with Gasteiger partial charge in [0.25, 0.3) is 0 Å². The predicted molar refractivity (Wildman–Crippen MR) is 102 cm³/mol. The largest absolute Gasteiger partial charge is 0.466 e. The lowest BCUT2D eigenvalue weighted by Crippen LogP contribution is -2.39. The molecule has 1 fully saturated rings. The van der Waals surface area contributed by atoms with Crippen LogP contribution in [0.2, 0.25) is 10.0 Å². The fourth-order valence-corrected chi connectivity index (χ4v) is 3.85. The lowest BCUT2D eigenvalue weighted by molar-refractivity contribution is -0.135. The first-order valence-electron chi connectivity index (χ1n) is 7.80. The van der Waals surface area contributed by atoms with E-state index in [1.165, 1.54) is 29.8 Å². The second-order valence-corrected chi connectivity index (χ2v) is 7.73. The van der Waals surface area contributed by atoms with Crippen molar-refractivity contribution in [2.45, 2.75) is 18.6 Å². The molecule has 0 bridgehead atoms. The van der Waals surface area contributed by atoms with Gasteiger partial charge in [-0.1, -0.05) is 41.0 Å². The summed E-state index contributed by atoms with van der Waals surface area (Å²) in [6.45, 7) is 1.92. The van der Waals surface area contributed by atoms with Crippen molar-refractivity contribution < 1.29 is 19.1 Å². The highest BCUT2D eigenvalue weighted by molar-refractivity contribution is 8.04. The van der Waals surface area contributed by atoms with Crippen molar-refractivity contribution in [2.24, 2.45) is 0 Å². The fraction of sp³-hybridized carbons (Fsp3) is 0.353. The first-order chi connectivity index (χ1) is 12.3. The van der Waals surface area contributed by atoms with E-state index in [4.69, 9.17) is 23.2 Å². The summed E-state index contributed by atoms with van der Waals surface area (Å²) in [6.07, 6.45) is 1.75. The minimum absolute atomic E-state index is 0.159. The van der Waals surface area contributed by atoms with Gasteiger partial charge in [-0.25, -0.2) is 4.79 Å². The van der Waals surface area contributed by atoms with Gasteiger partial charge in [0.2, 0.25) is 11.8 Å². The number of rotatable bonds is 6. The van der Waals surface area contributed by atoms with Crippen molar-refractivity contribution in [1.29, 1.82) is 0 Å². The van der Waals surface area contributed by atoms with Gasteiger partial charge in [-0.05, 0) is 31.0 Å². The van der Waals surface area contributed by atoms with Crippen molar-refractivity contribution in [1.82, 2.24) is 10.2 Å². The summed E-state index contributed by atoms with van der Waals surface area (Å²) in [6, 6.07) is 5.18. The van der Waals surface area contributed by atoms with Crippen molar-refractivity contribution in [3.8, 4) is 0 Å². The maximum Gasteiger partial charge on any atom is 0.333 e. The topological polar surface area (TPSA) is 75.7 Å². The molecule has 0 spiro atoms. The summed E-state index contributed by atoms with van der Waals surface area (Å²) < 4.78 is 4.58. The molecule has 2 rings (SSSR count). The number of nitrogens with zero attached hydrogens (tertiary/aromatic N) is 1. The monoisotopic (exact) mass is 416 g/mol. The summed E-state index contributed by atoms with van der Waals surface area (Å²) >= 11 is 13.2. The Hall–Kier alpha value is -1.70. The van der Waals surface area contributed by atoms with Crippen molar-refractivity contribution in [3.05, 3.63) is 44.9 Å². The predicted octanol–water partition coefficient (Wildman–Crippen LogP) is 2.63. The van der Waals surface area contributed by atoms with Crippen LogP contribution in [0.3, 0.4) is 0 Å². The maximum atomic E-state index is 12.2. The molecule has 1 aromatic carbocycles. The van der Waals surface area contributed by atoms with Crippen LogP contribution in [0.4, 0.5) is 0 Å². The van der Waals surface area contributed by atoms with E-state index in [1.54, 1.807) is 25.1 Å². The van der Waals surface area contributed by atoms with E-state index in [0.717, 1.165) is 5.56 Å². The molecule has 1 saturated heterocycles. The molecule has 1 N–H and O–H groups in total. The van der Waals surface area contributed by atoms with E-state index < -0.39 is 5.97 Å². The molecule has 26 heavy (non-hydrogen) atoms. The van der Waals surface area contributed by atoms with Gasteiger partial charge in [-0.3, -0.25) is 14.5 Å². The average molecular weight is 417 g/mol. The third kappa shape index (κ3) is 5.40. The Morgan fingerprint density at radius 2 is 2.12 bits per heavy atom. The number of hydrogen-bond acceptors (Lipinski definition) is 5. The van der Waals surface area contributed by atoms with Crippen LogP contribution in [-0.2, 0) is 25.5 Å². The molecule has 0 aromatic heterocycles. The van der Waals surface area contributed by atoms with Crippen LogP contribution in [0.25, 0.3) is 0 Å². The van der Waals surface area contributed by atoms with E-state index in [0.29, 0.717) is 28.0 Å². The Labute approximate surface area is 165 Å². The second-order valence-electron chi connectivity index (χ2n) is 5.53. The highest BCUT2D eigenvalue weighted by Crippen LogP contribution is 2.34. The van der Waals surface area contributed by atoms with Crippen LogP contribution in [-0.4, -0.2) is 48.1 Å². The molecule has 0 radical (unpaired) electrons. The van der Waals surface area contributed by atoms with Crippen molar-refractivity contribution >= 4 is 52.7 Å². The quantitative estimate of drug-likeness (QED) is 0.569. The molecule has 1 heterocycles. The number of thioether (sulfide) groups is 1. The zero-order chi connectivity index (χ0) is 19.3. The molecule has 1 atom stereocenters. The normalized spacial score (nSPS) is 18.3. The molecule has 1 aliphatic heterocycles. The zero-order valence-electron chi connectivity index (χ0n) is 14.3. The van der Waals surface area contributed by atoms with Gasteiger partial charge >= 0.3 is 5.97 Å². The summed E-state index contributed by atoms with van der Waals surface area (Å²) in [5, 5.41) is 3.88. The Balaban J connectivity index is 1.92. The minimum atomic E-state index is -0.572. The smallest absolute Gasteiger partial charge is 0.333 e. The Bertz CT molecular complexity index is 754. The van der Waals surface area contributed by atoms with Crippen LogP contribution in [0, 0.1) is 0 Å². The standard InChI is InChI=1S/C17H18Cl2N2O4S/c1-10-17(24)21(15(26-10)8-16(23)25-2)9-14(22)20-6-5-11-3-4-12(18)7-13(11)19/h3-4,7-8,10H,5-6,9H2,1-2H3,(H,20,22). The van der Waals surface area contributed by atoms with E-state index in [-0.39, 0.29) is 23.6 Å². The minimum Gasteiger partial charge on any atom is -0.466 e. The number of carbonyl (C=O) groups excluding carboxylic acids is 3. The van der Waals surface area contributed by atoms with Crippen LogP contribution < -0.4 is 5.32 Å². The Morgan fingerprint density at radius 3 is 2.77 bits per heavy atom. The number of nitrogens with one attached hydrogen (secondary N) is 1. The lowest BCUT2D eigenvalue weighted by atomic mass is 10.1. The number of carbonyl (C=O) groups is 3. The van der Waals surface area contributed by atoms with Crippen molar-refractivity contribution in [3.63, 3.8) is 0 Å². The first-order valence-corrected chi connectivity index (χ1v) is 9.43. The molecule has 1 aromatic rings. The summed E-state index contributed by atoms with van der Waals surface area (Å²) in [5.41, 5.74) is 0.865. The van der Waals surface area contributed by atoms with Gasteiger partial charge in [0.05, 0.1) is 23.5 Å². The number of hydrogen-bond donors (Lipinski definition) is 1. The number of amides is 2. The molecular formula is C17H18Cl2N2O4S. The van der Waals surface area contributed by atoms with Gasteiger partial charge in [-0.2, -0.15) is 0 Å². The van der Waals surface area contributed by atoms with Gasteiger partial charge in [-0.15, -0.1) is 0 Å². The molecule has 1 aliphatic rings. The zero-order valence-corrected chi connectivity index (χ0v) is 16.6. The highest BCUT2D eigenvalue weighted by Gasteiger charge is 2.35. The van der Waals surface area contributed by atoms with Crippen molar-refractivity contribution in [2.75, 3.05) is 20.2 Å². The van der Waals surface area contributed by atoms with Crippen LogP contribution in [0.1, 0.15) is 12.5 Å². The molecule has 0 aliphatic carbocycles. The molecular weight excluding hydrogens is 399 g/mol. The SMILES string of the molecule is COC(=O)C=C1SC(C)C(=O)N1CC(=O)NCCc1ccc(Cl)cc1Cl. The van der Waals surface area contributed by atoms with Gasteiger partial charge < -0.3 is 10.1 Å². The Morgan fingerprint density at radius 1 is 1.38 bits per heavy atom. The number of esters is 1. The van der Waals surface area contributed by atoms with E-state index in [1.807, 2.05) is 0 Å². The van der Waals surface area contributed by atoms with Crippen LogP contribution in [0.5, 0.6) is 0 Å².